The normalized spacial score (nSPS) is 17.2. The van der Waals surface area contributed by atoms with Gasteiger partial charge in [0.25, 0.3) is 11.8 Å². The highest BCUT2D eigenvalue weighted by Crippen LogP contribution is 2.33. The Labute approximate surface area is 218 Å². The van der Waals surface area contributed by atoms with Crippen LogP contribution in [-0.2, 0) is 11.3 Å². The zero-order valence-electron chi connectivity index (χ0n) is 21.3. The lowest BCUT2D eigenvalue weighted by molar-refractivity contribution is -0.110. The summed E-state index contributed by atoms with van der Waals surface area (Å²) < 4.78 is 0. The predicted molar refractivity (Wildman–Crippen MR) is 149 cm³/mol. The summed E-state index contributed by atoms with van der Waals surface area (Å²) in [6.45, 7) is 5.37. The molecule has 0 radical (unpaired) electrons. The molecule has 2 amide bonds. The van der Waals surface area contributed by atoms with Crippen molar-refractivity contribution < 1.29 is 9.59 Å². The minimum Gasteiger partial charge on any atom is -0.361 e. The van der Waals surface area contributed by atoms with Gasteiger partial charge in [-0.1, -0.05) is 55.8 Å². The first-order valence-corrected chi connectivity index (χ1v) is 13.2. The number of nitrogens with zero attached hydrogens (tertiary/aromatic N) is 1. The van der Waals surface area contributed by atoms with E-state index in [0.717, 1.165) is 29.8 Å². The first kappa shape index (κ1) is 24.8. The molecule has 5 rings (SSSR count). The Morgan fingerprint density at radius 1 is 1.00 bits per heavy atom. The average Bonchev–Trinajstić information content (AvgIpc) is 3.26. The number of nitrogens with one attached hydrogen (secondary N) is 3. The van der Waals surface area contributed by atoms with Crippen LogP contribution < -0.4 is 16.0 Å². The fraction of sp³-hybridized carbons (Fsp3) is 0.290. The van der Waals surface area contributed by atoms with E-state index in [9.17, 15) is 9.59 Å². The van der Waals surface area contributed by atoms with Crippen molar-refractivity contribution in [2.45, 2.75) is 45.2 Å². The van der Waals surface area contributed by atoms with Crippen molar-refractivity contribution in [1.29, 1.82) is 0 Å². The van der Waals surface area contributed by atoms with Crippen molar-refractivity contribution in [2.24, 2.45) is 0 Å². The summed E-state index contributed by atoms with van der Waals surface area (Å²) in [4.78, 5) is 28.3. The number of rotatable bonds is 8. The van der Waals surface area contributed by atoms with Crippen molar-refractivity contribution >= 4 is 28.8 Å². The number of likely N-dealkylation sites (tertiary alicyclic amines) is 1. The number of benzene rings is 3. The second-order valence-electron chi connectivity index (χ2n) is 9.80. The Morgan fingerprint density at radius 2 is 1.76 bits per heavy atom. The quantitative estimate of drug-likeness (QED) is 0.338. The van der Waals surface area contributed by atoms with E-state index in [1.807, 2.05) is 42.5 Å². The maximum atomic E-state index is 13.1. The monoisotopic (exact) mass is 494 g/mol. The van der Waals surface area contributed by atoms with Crippen molar-refractivity contribution in [1.82, 2.24) is 10.2 Å². The van der Waals surface area contributed by atoms with E-state index in [4.69, 9.17) is 0 Å². The van der Waals surface area contributed by atoms with Crippen LogP contribution in [0, 0.1) is 0 Å². The second kappa shape index (κ2) is 11.4. The number of hydrogen-bond acceptors (Lipinski definition) is 4. The van der Waals surface area contributed by atoms with Gasteiger partial charge in [0.2, 0.25) is 0 Å². The van der Waals surface area contributed by atoms with Crippen molar-refractivity contribution in [2.75, 3.05) is 23.7 Å². The van der Waals surface area contributed by atoms with E-state index in [0.29, 0.717) is 16.8 Å². The summed E-state index contributed by atoms with van der Waals surface area (Å²) in [6, 6.07) is 23.6. The number of piperidine rings is 1. The van der Waals surface area contributed by atoms with E-state index in [1.165, 1.54) is 37.9 Å². The van der Waals surface area contributed by atoms with Crippen LogP contribution in [0.15, 0.2) is 79.0 Å². The Morgan fingerprint density at radius 3 is 2.49 bits per heavy atom. The number of hydrogen-bond donors (Lipinski definition) is 3. The van der Waals surface area contributed by atoms with Gasteiger partial charge in [0.15, 0.2) is 0 Å². The highest BCUT2D eigenvalue weighted by atomic mass is 16.2. The topological polar surface area (TPSA) is 73.5 Å². The van der Waals surface area contributed by atoms with E-state index in [-0.39, 0.29) is 17.9 Å². The highest BCUT2D eigenvalue weighted by molar-refractivity contribution is 6.32. The van der Waals surface area contributed by atoms with Gasteiger partial charge < -0.3 is 16.0 Å². The molecule has 3 aromatic carbocycles. The van der Waals surface area contributed by atoms with Gasteiger partial charge in [-0.25, -0.2) is 0 Å². The van der Waals surface area contributed by atoms with Crippen LogP contribution in [0.1, 0.15) is 65.7 Å². The van der Waals surface area contributed by atoms with Gasteiger partial charge in [0.1, 0.15) is 0 Å². The number of amides is 2. The third-order valence-electron chi connectivity index (χ3n) is 7.17. The molecule has 0 unspecified atom stereocenters. The molecular weight excluding hydrogens is 460 g/mol. The zero-order chi connectivity index (χ0) is 25.6. The molecule has 0 saturated carbocycles. The molecule has 3 aromatic rings. The van der Waals surface area contributed by atoms with E-state index < -0.39 is 0 Å². The van der Waals surface area contributed by atoms with Crippen LogP contribution in [0.2, 0.25) is 0 Å². The number of carbonyl (C=O) groups is 2. The minimum absolute atomic E-state index is 0.0729. The fourth-order valence-electron chi connectivity index (χ4n) is 5.06. The molecule has 37 heavy (non-hydrogen) atoms. The summed E-state index contributed by atoms with van der Waals surface area (Å²) in [5.41, 5.74) is 5.75. The Hall–Kier alpha value is -3.90. The van der Waals surface area contributed by atoms with Crippen molar-refractivity contribution in [3.63, 3.8) is 0 Å². The third-order valence-corrected chi connectivity index (χ3v) is 7.17. The molecule has 190 valence electrons. The first-order chi connectivity index (χ1) is 18.1. The van der Waals surface area contributed by atoms with Crippen LogP contribution in [-0.4, -0.2) is 29.8 Å². The molecule has 2 heterocycles. The average molecular weight is 495 g/mol. The lowest BCUT2D eigenvalue weighted by Crippen LogP contribution is -2.29. The summed E-state index contributed by atoms with van der Waals surface area (Å²) in [6.07, 6.45) is 6.41. The molecule has 0 bridgehead atoms. The second-order valence-corrected chi connectivity index (χ2v) is 9.80. The maximum absolute atomic E-state index is 13.1. The summed E-state index contributed by atoms with van der Waals surface area (Å²) in [5, 5.41) is 9.29. The smallest absolute Gasteiger partial charge is 0.257 e. The molecule has 2 aliphatic rings. The maximum Gasteiger partial charge on any atom is 0.257 e. The molecule has 6 heteroatoms. The molecule has 1 fully saturated rings. The van der Waals surface area contributed by atoms with Crippen molar-refractivity contribution in [3.8, 4) is 0 Å². The van der Waals surface area contributed by atoms with Gasteiger partial charge in [0, 0.05) is 35.2 Å². The fourth-order valence-corrected chi connectivity index (χ4v) is 5.06. The number of anilines is 2. The van der Waals surface area contributed by atoms with Crippen LogP contribution in [0.25, 0.3) is 5.57 Å². The molecule has 2 aliphatic heterocycles. The van der Waals surface area contributed by atoms with Gasteiger partial charge in [-0.05, 0) is 73.8 Å². The van der Waals surface area contributed by atoms with Crippen LogP contribution in [0.3, 0.4) is 0 Å². The third kappa shape index (κ3) is 5.92. The molecule has 1 saturated heterocycles. The van der Waals surface area contributed by atoms with E-state index in [2.05, 4.69) is 39.9 Å². The Balaban J connectivity index is 1.27. The molecule has 0 spiro atoms. The summed E-state index contributed by atoms with van der Waals surface area (Å²) >= 11 is 0. The largest absolute Gasteiger partial charge is 0.361 e. The lowest BCUT2D eigenvalue weighted by atomic mass is 10.0. The SMILES string of the molecule is CC[C@@H](NC(=O)c1ccc2c(c1)C(=CNc1ccc(CN3CCCCC3)cc1)C(=O)N2)c1ccccc1. The lowest BCUT2D eigenvalue weighted by Gasteiger charge is -2.26. The van der Waals surface area contributed by atoms with Crippen LogP contribution in [0.5, 0.6) is 0 Å². The minimum atomic E-state index is -0.183. The number of fused-ring (bicyclic) bond motifs is 1. The van der Waals surface area contributed by atoms with Crippen LogP contribution in [0.4, 0.5) is 11.4 Å². The van der Waals surface area contributed by atoms with Crippen molar-refractivity contribution in [3.05, 3.63) is 101 Å². The van der Waals surface area contributed by atoms with Crippen LogP contribution >= 0.6 is 0 Å². The molecule has 6 nitrogen and oxygen atoms in total. The molecule has 1 atom stereocenters. The summed E-state index contributed by atoms with van der Waals surface area (Å²) in [7, 11) is 0. The molecular formula is C31H34N4O2. The van der Waals surface area contributed by atoms with Gasteiger partial charge in [-0.15, -0.1) is 0 Å². The Kier molecular flexibility index (Phi) is 7.66. The van der Waals surface area contributed by atoms with Gasteiger partial charge >= 0.3 is 0 Å². The molecule has 0 aromatic heterocycles. The highest BCUT2D eigenvalue weighted by Gasteiger charge is 2.26. The molecule has 3 N–H and O–H groups in total. The van der Waals surface area contributed by atoms with Gasteiger partial charge in [0.05, 0.1) is 11.6 Å². The number of carbonyl (C=O) groups excluding carboxylic acids is 2. The predicted octanol–water partition coefficient (Wildman–Crippen LogP) is 5.96. The van der Waals surface area contributed by atoms with Gasteiger partial charge in [-0.2, -0.15) is 0 Å². The standard InChI is InChI=1S/C31H34N4O2/c1-2-28(23-9-5-3-6-10-23)33-30(36)24-13-16-29-26(19-24)27(31(37)34-29)20-32-25-14-11-22(12-15-25)21-35-17-7-4-8-18-35/h3,5-6,9-16,19-20,28,32H,2,4,7-8,17-18,21H2,1H3,(H,33,36)(H,34,37)/t28-/m1/s1. The first-order valence-electron chi connectivity index (χ1n) is 13.2. The van der Waals surface area contributed by atoms with E-state index >= 15 is 0 Å². The summed E-state index contributed by atoms with van der Waals surface area (Å²) in [5.74, 6) is -0.341. The molecule has 0 aliphatic carbocycles. The van der Waals surface area contributed by atoms with Gasteiger partial charge in [-0.3, -0.25) is 14.5 Å². The van der Waals surface area contributed by atoms with E-state index in [1.54, 1.807) is 24.4 Å². The Bertz CT molecular complexity index is 1280. The zero-order valence-corrected chi connectivity index (χ0v) is 21.3.